The van der Waals surface area contributed by atoms with Gasteiger partial charge in [0.15, 0.2) is 16.9 Å². The number of pyridine rings is 1. The van der Waals surface area contributed by atoms with Gasteiger partial charge in [-0.2, -0.15) is 0 Å². The fourth-order valence-corrected chi connectivity index (χ4v) is 20.4. The molecule has 12 aromatic rings. The van der Waals surface area contributed by atoms with Crippen molar-refractivity contribution < 1.29 is 8.83 Å². The van der Waals surface area contributed by atoms with Crippen LogP contribution in [0.3, 0.4) is 0 Å². The third-order valence-corrected chi connectivity index (χ3v) is 22.9. The maximum atomic E-state index is 7.69. The molecule has 0 spiro atoms. The molecule has 7 heteroatoms. The number of hydrogen-bond acceptors (Lipinski definition) is 3. The predicted molar refractivity (Wildman–Crippen MR) is 278 cm³/mol. The van der Waals surface area contributed by atoms with E-state index < -0.39 is 8.07 Å². The molecule has 0 amide bonds. The van der Waals surface area contributed by atoms with E-state index in [1.54, 1.807) is 0 Å². The summed E-state index contributed by atoms with van der Waals surface area (Å²) in [6, 6.07) is 54.3. The van der Waals surface area contributed by atoms with Gasteiger partial charge in [-0.3, -0.25) is 4.98 Å². The minimum absolute atomic E-state index is 0.333. The topological polar surface area (TPSA) is 53.4 Å². The van der Waals surface area contributed by atoms with E-state index in [0.29, 0.717) is 27.9 Å². The molecule has 0 N–H and O–H groups in total. The molecule has 66 heavy (non-hydrogen) atoms. The molecule has 5 aromatic heterocycles. The van der Waals surface area contributed by atoms with Crippen LogP contribution in [0.1, 0.15) is 58.2 Å². The fraction of sp³-hybridized carbons (Fsp3) is 0.186. The Hall–Kier alpha value is -7.40. The molecule has 5 heterocycles. The second-order valence-corrected chi connectivity index (χ2v) is 25.4. The highest BCUT2D eigenvalue weighted by Crippen LogP contribution is 2.53. The summed E-state index contributed by atoms with van der Waals surface area (Å²) in [5.74, 6) is 0. The van der Waals surface area contributed by atoms with Gasteiger partial charge >= 0.3 is 0 Å². The Morgan fingerprint density at radius 1 is 0.515 bits per heavy atom. The molecule has 6 nitrogen and oxygen atoms in total. The number of furan rings is 2. The van der Waals surface area contributed by atoms with Gasteiger partial charge in [-0.25, -0.2) is 4.85 Å². The SMILES string of the molecule is [C-]#[N+]c1ccc2c(c1)c1ccccc1n2-c1ccnc2c1oc1ccc(CC(c3ccc4c(c3)c3ccccc3n4-c3cccc4c3oc3ccccc34)[Si](C(C)C)(C(C)C)C(C)C)cc12. The van der Waals surface area contributed by atoms with E-state index in [2.05, 4.69) is 189 Å². The minimum atomic E-state index is -2.14. The lowest BCUT2D eigenvalue weighted by atomic mass is 10.0. The number of rotatable bonds is 9. The Labute approximate surface area is 384 Å². The highest BCUT2D eigenvalue weighted by molar-refractivity contribution is 6.84. The number of benzene rings is 7. The molecule has 12 rings (SSSR count). The van der Waals surface area contributed by atoms with Crippen molar-refractivity contribution >= 4 is 101 Å². The molecule has 1 unspecified atom stereocenters. The first-order valence-electron chi connectivity index (χ1n) is 23.3. The summed E-state index contributed by atoms with van der Waals surface area (Å²) in [5, 5.41) is 7.96. The van der Waals surface area contributed by atoms with Crippen LogP contribution in [0.2, 0.25) is 16.6 Å². The van der Waals surface area contributed by atoms with Gasteiger partial charge in [-0.15, -0.1) is 0 Å². The standard InChI is InChI=1S/C59H50N4O2Si/c1-35(2)66(36(3)4,37(5)6)56(39-24-26-50-45(33-39)41-15-8-11-19-48(41)62(50)52-21-14-18-44-43-17-10-13-22-54(43)64-58(44)52)32-38-23-28-55-47(31-38)57-59(65-55)53(29-30-61-57)63-49-20-12-9-16-42(49)46-34-40(60-7)25-27-51(46)63/h8-31,33-37,56H,32H2,1-6H3. The maximum Gasteiger partial charge on any atom is 0.188 e. The summed E-state index contributed by atoms with van der Waals surface area (Å²) in [4.78, 5) is 8.76. The van der Waals surface area contributed by atoms with E-state index in [1.807, 2.05) is 24.4 Å². The molecule has 322 valence electrons. The predicted octanol–water partition coefficient (Wildman–Crippen LogP) is 17.2. The minimum Gasteiger partial charge on any atom is -0.454 e. The first-order valence-corrected chi connectivity index (χ1v) is 25.6. The lowest BCUT2D eigenvalue weighted by molar-refractivity contribution is 0.665. The van der Waals surface area contributed by atoms with Crippen molar-refractivity contribution in [3.05, 3.63) is 180 Å². The summed E-state index contributed by atoms with van der Waals surface area (Å²) in [6.07, 6.45) is 2.83. The van der Waals surface area contributed by atoms with Crippen LogP contribution in [0.5, 0.6) is 0 Å². The highest BCUT2D eigenvalue weighted by atomic mass is 28.3. The van der Waals surface area contributed by atoms with E-state index in [0.717, 1.165) is 83.6 Å². The van der Waals surface area contributed by atoms with E-state index in [1.165, 1.54) is 32.9 Å². The molecule has 0 aliphatic rings. The number of para-hydroxylation sites is 4. The molecule has 0 aliphatic carbocycles. The van der Waals surface area contributed by atoms with E-state index in [4.69, 9.17) is 20.4 Å². The van der Waals surface area contributed by atoms with Gasteiger partial charge in [0.25, 0.3) is 0 Å². The molecule has 0 saturated heterocycles. The average molecular weight is 875 g/mol. The quantitative estimate of drug-likeness (QED) is 0.107. The zero-order valence-corrected chi connectivity index (χ0v) is 39.1. The molecular formula is C59H50N4O2Si. The van der Waals surface area contributed by atoms with Crippen molar-refractivity contribution in [2.75, 3.05) is 0 Å². The van der Waals surface area contributed by atoms with Crippen molar-refractivity contribution in [1.29, 1.82) is 0 Å². The third kappa shape index (κ3) is 5.74. The molecule has 0 aliphatic heterocycles. The summed E-state index contributed by atoms with van der Waals surface area (Å²) in [6.45, 7) is 22.7. The first kappa shape index (κ1) is 40.1. The average Bonchev–Trinajstić information content (AvgIpc) is 4.08. The Balaban J connectivity index is 1.03. The molecule has 0 bridgehead atoms. The molecule has 1 atom stereocenters. The van der Waals surface area contributed by atoms with Crippen LogP contribution in [0, 0.1) is 6.57 Å². The second-order valence-electron chi connectivity index (χ2n) is 19.2. The van der Waals surface area contributed by atoms with E-state index in [9.17, 15) is 0 Å². The zero-order chi connectivity index (χ0) is 45.0. The normalized spacial score (nSPS) is 13.1. The smallest absolute Gasteiger partial charge is 0.188 e. The molecule has 0 radical (unpaired) electrons. The number of fused-ring (bicyclic) bond motifs is 12. The van der Waals surface area contributed by atoms with Crippen molar-refractivity contribution in [3.8, 4) is 11.4 Å². The molecule has 0 saturated carbocycles. The van der Waals surface area contributed by atoms with Crippen molar-refractivity contribution in [1.82, 2.24) is 14.1 Å². The van der Waals surface area contributed by atoms with Gasteiger partial charge in [0.2, 0.25) is 0 Å². The molecule has 7 aromatic carbocycles. The van der Waals surface area contributed by atoms with Crippen LogP contribution in [-0.4, -0.2) is 22.2 Å². The number of hydrogen-bond donors (Lipinski definition) is 0. The fourth-order valence-electron chi connectivity index (χ4n) is 12.7. The number of nitrogens with zero attached hydrogens (tertiary/aromatic N) is 4. The summed E-state index contributed by atoms with van der Waals surface area (Å²) in [7, 11) is -2.14. The van der Waals surface area contributed by atoms with Crippen LogP contribution >= 0.6 is 0 Å². The van der Waals surface area contributed by atoms with Gasteiger partial charge in [-0.05, 0) is 95.2 Å². The summed E-state index contributed by atoms with van der Waals surface area (Å²) in [5.41, 5.74) is 16.0. The van der Waals surface area contributed by atoms with Crippen molar-refractivity contribution in [3.63, 3.8) is 0 Å². The number of aromatic nitrogens is 3. The van der Waals surface area contributed by atoms with E-state index in [-0.39, 0.29) is 0 Å². The van der Waals surface area contributed by atoms with E-state index >= 15 is 0 Å². The van der Waals surface area contributed by atoms with Gasteiger partial charge in [0, 0.05) is 38.5 Å². The van der Waals surface area contributed by atoms with Crippen molar-refractivity contribution in [2.24, 2.45) is 0 Å². The largest absolute Gasteiger partial charge is 0.454 e. The lowest BCUT2D eigenvalue weighted by Gasteiger charge is -2.49. The van der Waals surface area contributed by atoms with Gasteiger partial charge in [0.1, 0.15) is 16.7 Å². The van der Waals surface area contributed by atoms with Crippen LogP contribution < -0.4 is 0 Å². The first-order chi connectivity index (χ1) is 32.2. The van der Waals surface area contributed by atoms with Gasteiger partial charge in [0.05, 0.1) is 48.1 Å². The third-order valence-electron chi connectivity index (χ3n) is 15.2. The van der Waals surface area contributed by atoms with Crippen LogP contribution in [-0.2, 0) is 6.42 Å². The molecule has 0 fully saturated rings. The Bertz CT molecular complexity index is 3930. The lowest BCUT2D eigenvalue weighted by Crippen LogP contribution is -2.51. The monoisotopic (exact) mass is 874 g/mol. The van der Waals surface area contributed by atoms with Gasteiger partial charge < -0.3 is 18.0 Å². The van der Waals surface area contributed by atoms with Crippen LogP contribution in [0.4, 0.5) is 5.69 Å². The zero-order valence-electron chi connectivity index (χ0n) is 38.1. The summed E-state index contributed by atoms with van der Waals surface area (Å²) < 4.78 is 18.1. The maximum absolute atomic E-state index is 7.69. The van der Waals surface area contributed by atoms with Crippen LogP contribution in [0.15, 0.2) is 167 Å². The van der Waals surface area contributed by atoms with Crippen LogP contribution in [0.25, 0.3) is 104 Å². The van der Waals surface area contributed by atoms with Gasteiger partial charge in [-0.1, -0.05) is 143 Å². The second kappa shape index (κ2) is 15.1. The highest BCUT2D eigenvalue weighted by Gasteiger charge is 2.49. The summed E-state index contributed by atoms with van der Waals surface area (Å²) >= 11 is 0. The Morgan fingerprint density at radius 2 is 1.09 bits per heavy atom. The Morgan fingerprint density at radius 3 is 1.79 bits per heavy atom. The van der Waals surface area contributed by atoms with Crippen molar-refractivity contribution in [2.45, 2.75) is 70.1 Å². The molecular weight excluding hydrogens is 825 g/mol. The Kier molecular flexibility index (Phi) is 9.17.